The molecule has 0 bridgehead atoms. The smallest absolute Gasteiger partial charge is 0.150 e. The monoisotopic (exact) mass is 478 g/mol. The zero-order valence-electron chi connectivity index (χ0n) is 21.1. The summed E-state index contributed by atoms with van der Waals surface area (Å²) in [5, 5.41) is 0. The topological polar surface area (TPSA) is 52.6 Å². The molecule has 0 aliphatic heterocycles. The average molecular weight is 479 g/mol. The minimum Gasteiger partial charge on any atom is -0.489 e. The van der Waals surface area contributed by atoms with E-state index in [1.807, 2.05) is 38.1 Å². The summed E-state index contributed by atoms with van der Waals surface area (Å²) in [6, 6.07) is 23.5. The number of carbonyl (C=O) groups is 2. The summed E-state index contributed by atoms with van der Waals surface area (Å²) in [6.45, 7) is 9.02. The van der Waals surface area contributed by atoms with Gasteiger partial charge in [-0.1, -0.05) is 36.4 Å². The van der Waals surface area contributed by atoms with Crippen molar-refractivity contribution in [2.24, 2.45) is 0 Å². The van der Waals surface area contributed by atoms with Crippen LogP contribution in [0.25, 0.3) is 11.1 Å². The Bertz CT molecular complexity index is 1310. The number of carbonyl (C=O) groups excluding carboxylic acids is 2. The molecule has 0 aliphatic rings. The molecule has 4 aromatic rings. The Balaban J connectivity index is 1.54. The fraction of sp³-hybridized carbons (Fsp3) is 0.188. The van der Waals surface area contributed by atoms with Crippen molar-refractivity contribution < 1.29 is 19.1 Å². The molecule has 36 heavy (non-hydrogen) atoms. The van der Waals surface area contributed by atoms with Crippen molar-refractivity contribution >= 4 is 12.6 Å². The van der Waals surface area contributed by atoms with E-state index in [2.05, 4.69) is 50.2 Å². The van der Waals surface area contributed by atoms with Gasteiger partial charge in [0.25, 0.3) is 0 Å². The molecule has 0 aliphatic carbocycles. The molecule has 4 heteroatoms. The Hall–Kier alpha value is -4.18. The van der Waals surface area contributed by atoms with Crippen molar-refractivity contribution in [1.82, 2.24) is 0 Å². The van der Waals surface area contributed by atoms with Gasteiger partial charge in [-0.15, -0.1) is 0 Å². The molecule has 4 nitrogen and oxygen atoms in total. The summed E-state index contributed by atoms with van der Waals surface area (Å²) in [5.74, 6) is 1.55. The van der Waals surface area contributed by atoms with Gasteiger partial charge in [0.05, 0.1) is 0 Å². The van der Waals surface area contributed by atoms with E-state index in [1.165, 1.54) is 11.1 Å². The Morgan fingerprint density at radius 2 is 1.00 bits per heavy atom. The molecule has 0 N–H and O–H groups in total. The van der Waals surface area contributed by atoms with Crippen LogP contribution in [-0.2, 0) is 13.2 Å². The zero-order chi connectivity index (χ0) is 25.7. The average Bonchev–Trinajstić information content (AvgIpc) is 2.88. The van der Waals surface area contributed by atoms with Crippen LogP contribution < -0.4 is 9.47 Å². The van der Waals surface area contributed by atoms with E-state index in [-0.39, 0.29) is 0 Å². The van der Waals surface area contributed by atoms with Gasteiger partial charge >= 0.3 is 0 Å². The molecule has 0 atom stereocenters. The number of rotatable bonds is 9. The Kier molecular flexibility index (Phi) is 7.65. The SMILES string of the molecule is Cc1cc(C=O)ccc1OCc1cccc(-c2cccc(COc3ccc(C=O)cc3C)c2C)c1C. The Morgan fingerprint density at radius 3 is 1.36 bits per heavy atom. The number of hydrogen-bond acceptors (Lipinski definition) is 4. The number of benzene rings is 4. The standard InChI is InChI=1S/C32H30O4/c1-21-15-25(17-33)11-13-31(21)35-19-27-7-5-9-29(23(27)3)30-10-6-8-28(24(30)4)20-36-32-14-12-26(18-34)16-22(32)2/h5-18H,19-20H2,1-4H3. The summed E-state index contributed by atoms with van der Waals surface area (Å²) in [6.07, 6.45) is 1.69. The first kappa shape index (κ1) is 24.9. The molecular formula is C32H30O4. The van der Waals surface area contributed by atoms with Gasteiger partial charge in [-0.3, -0.25) is 9.59 Å². The molecule has 0 fully saturated rings. The second-order valence-electron chi connectivity index (χ2n) is 9.04. The summed E-state index contributed by atoms with van der Waals surface area (Å²) >= 11 is 0. The van der Waals surface area contributed by atoms with Gasteiger partial charge < -0.3 is 9.47 Å². The van der Waals surface area contributed by atoms with Crippen LogP contribution in [0.3, 0.4) is 0 Å². The quantitative estimate of drug-likeness (QED) is 0.236. The van der Waals surface area contributed by atoms with E-state index < -0.39 is 0 Å². The van der Waals surface area contributed by atoms with Crippen molar-refractivity contribution in [1.29, 1.82) is 0 Å². The van der Waals surface area contributed by atoms with Crippen LogP contribution in [0.4, 0.5) is 0 Å². The summed E-state index contributed by atoms with van der Waals surface area (Å²) < 4.78 is 12.2. The molecule has 0 aromatic heterocycles. The van der Waals surface area contributed by atoms with Gasteiger partial charge in [0.2, 0.25) is 0 Å². The van der Waals surface area contributed by atoms with Crippen LogP contribution >= 0.6 is 0 Å². The van der Waals surface area contributed by atoms with Gasteiger partial charge in [-0.05, 0) is 109 Å². The lowest BCUT2D eigenvalue weighted by atomic mass is 9.92. The molecule has 0 amide bonds. The van der Waals surface area contributed by atoms with Crippen LogP contribution in [0.1, 0.15) is 54.1 Å². The number of ether oxygens (including phenoxy) is 2. The predicted octanol–water partition coefficient (Wildman–Crippen LogP) is 7.37. The third-order valence-corrected chi connectivity index (χ3v) is 6.62. The first-order valence-electron chi connectivity index (χ1n) is 12.0. The van der Waals surface area contributed by atoms with Crippen LogP contribution in [0, 0.1) is 27.7 Å². The number of aldehydes is 2. The summed E-state index contributed by atoms with van der Waals surface area (Å²) in [4.78, 5) is 22.0. The Morgan fingerprint density at radius 1 is 0.583 bits per heavy atom. The maximum atomic E-state index is 11.0. The Labute approximate surface area is 212 Å². The van der Waals surface area contributed by atoms with Crippen molar-refractivity contribution in [2.45, 2.75) is 40.9 Å². The third-order valence-electron chi connectivity index (χ3n) is 6.62. The van der Waals surface area contributed by atoms with Gasteiger partial charge in [0.1, 0.15) is 37.3 Å². The third kappa shape index (κ3) is 5.38. The van der Waals surface area contributed by atoms with E-state index in [9.17, 15) is 9.59 Å². The second-order valence-corrected chi connectivity index (χ2v) is 9.04. The molecule has 182 valence electrons. The summed E-state index contributed by atoms with van der Waals surface area (Å²) in [5.41, 5.74) is 10.0. The highest BCUT2D eigenvalue weighted by Crippen LogP contribution is 2.32. The van der Waals surface area contributed by atoms with E-state index >= 15 is 0 Å². The molecule has 4 rings (SSSR count). The largest absolute Gasteiger partial charge is 0.489 e. The fourth-order valence-electron chi connectivity index (χ4n) is 4.39. The van der Waals surface area contributed by atoms with Gasteiger partial charge in [0, 0.05) is 11.1 Å². The van der Waals surface area contributed by atoms with Crippen LogP contribution in [-0.4, -0.2) is 12.6 Å². The maximum absolute atomic E-state index is 11.0. The lowest BCUT2D eigenvalue weighted by Gasteiger charge is -2.17. The van der Waals surface area contributed by atoms with E-state index in [0.717, 1.165) is 57.5 Å². The van der Waals surface area contributed by atoms with Gasteiger partial charge in [-0.2, -0.15) is 0 Å². The highest BCUT2D eigenvalue weighted by atomic mass is 16.5. The molecule has 0 saturated carbocycles. The minimum atomic E-state index is 0.443. The predicted molar refractivity (Wildman–Crippen MR) is 143 cm³/mol. The van der Waals surface area contributed by atoms with Crippen molar-refractivity contribution in [3.8, 4) is 22.6 Å². The van der Waals surface area contributed by atoms with E-state index in [1.54, 1.807) is 12.1 Å². The zero-order valence-corrected chi connectivity index (χ0v) is 21.1. The fourth-order valence-corrected chi connectivity index (χ4v) is 4.39. The molecule has 0 unspecified atom stereocenters. The van der Waals surface area contributed by atoms with Crippen molar-refractivity contribution in [3.63, 3.8) is 0 Å². The molecule has 0 heterocycles. The highest BCUT2D eigenvalue weighted by molar-refractivity contribution is 5.76. The van der Waals surface area contributed by atoms with Crippen LogP contribution in [0.2, 0.25) is 0 Å². The first-order valence-corrected chi connectivity index (χ1v) is 12.0. The highest BCUT2D eigenvalue weighted by Gasteiger charge is 2.13. The normalized spacial score (nSPS) is 10.7. The van der Waals surface area contributed by atoms with Crippen LogP contribution in [0.5, 0.6) is 11.5 Å². The van der Waals surface area contributed by atoms with Crippen molar-refractivity contribution in [2.75, 3.05) is 0 Å². The second kappa shape index (κ2) is 11.0. The van der Waals surface area contributed by atoms with E-state index in [0.29, 0.717) is 24.3 Å². The molecule has 0 saturated heterocycles. The number of aryl methyl sites for hydroxylation is 2. The molecule has 4 aromatic carbocycles. The lowest BCUT2D eigenvalue weighted by Crippen LogP contribution is -2.03. The first-order chi connectivity index (χ1) is 17.4. The number of hydrogen-bond donors (Lipinski definition) is 0. The molecular weight excluding hydrogens is 448 g/mol. The van der Waals surface area contributed by atoms with Crippen LogP contribution in [0.15, 0.2) is 72.8 Å². The summed E-state index contributed by atoms with van der Waals surface area (Å²) in [7, 11) is 0. The maximum Gasteiger partial charge on any atom is 0.150 e. The molecule has 0 spiro atoms. The van der Waals surface area contributed by atoms with Crippen molar-refractivity contribution in [3.05, 3.63) is 117 Å². The minimum absolute atomic E-state index is 0.443. The molecule has 0 radical (unpaired) electrons. The lowest BCUT2D eigenvalue weighted by molar-refractivity contribution is 0.111. The van der Waals surface area contributed by atoms with Gasteiger partial charge in [0.15, 0.2) is 0 Å². The van der Waals surface area contributed by atoms with E-state index in [4.69, 9.17) is 9.47 Å². The van der Waals surface area contributed by atoms with Gasteiger partial charge in [-0.25, -0.2) is 0 Å².